The van der Waals surface area contributed by atoms with E-state index in [1.165, 1.54) is 0 Å². The van der Waals surface area contributed by atoms with Crippen molar-refractivity contribution >= 4 is 11.9 Å². The predicted octanol–water partition coefficient (Wildman–Crippen LogP) is 1.25. The standard InChI is InChI=1S/C15H21N3O3/c1-3-17-15(20)18-14(19)9(2)21-11-5-6-12-10(8-11)4-7-13(12)16/h5-6,8-9,13H,3-4,7,16H2,1-2H3,(H2,17,18,19,20)/t9?,13-/m1/s1. The number of carbonyl (C=O) groups is 2. The Bertz CT molecular complexity index is 545. The normalized spacial score (nSPS) is 17.8. The van der Waals surface area contributed by atoms with Crippen LogP contribution in [0.2, 0.25) is 0 Å². The maximum absolute atomic E-state index is 11.8. The summed E-state index contributed by atoms with van der Waals surface area (Å²) in [4.78, 5) is 23.1. The molecule has 0 bridgehead atoms. The smallest absolute Gasteiger partial charge is 0.321 e. The molecule has 0 radical (unpaired) electrons. The lowest BCUT2D eigenvalue weighted by atomic mass is 10.1. The highest BCUT2D eigenvalue weighted by molar-refractivity contribution is 5.96. The fraction of sp³-hybridized carbons (Fsp3) is 0.467. The summed E-state index contributed by atoms with van der Waals surface area (Å²) in [5.74, 6) is 0.138. The molecule has 6 nitrogen and oxygen atoms in total. The molecule has 1 aliphatic rings. The second-order valence-corrected chi connectivity index (χ2v) is 5.11. The first-order valence-corrected chi connectivity index (χ1v) is 7.15. The Labute approximate surface area is 124 Å². The van der Waals surface area contributed by atoms with Crippen molar-refractivity contribution in [3.05, 3.63) is 29.3 Å². The van der Waals surface area contributed by atoms with E-state index in [0.717, 1.165) is 24.0 Å². The molecule has 0 saturated heterocycles. The molecule has 1 aliphatic carbocycles. The van der Waals surface area contributed by atoms with Crippen LogP contribution >= 0.6 is 0 Å². The maximum atomic E-state index is 11.8. The summed E-state index contributed by atoms with van der Waals surface area (Å²) in [6, 6.07) is 5.24. The van der Waals surface area contributed by atoms with E-state index in [1.807, 2.05) is 12.1 Å². The van der Waals surface area contributed by atoms with Crippen LogP contribution < -0.4 is 21.1 Å². The van der Waals surface area contributed by atoms with Crippen molar-refractivity contribution in [1.29, 1.82) is 0 Å². The zero-order chi connectivity index (χ0) is 15.4. The lowest BCUT2D eigenvalue weighted by molar-refractivity contribution is -0.126. The molecule has 4 N–H and O–H groups in total. The van der Waals surface area contributed by atoms with Gasteiger partial charge in [0.05, 0.1) is 0 Å². The number of carbonyl (C=O) groups excluding carboxylic acids is 2. The third-order valence-electron chi connectivity index (χ3n) is 3.49. The minimum atomic E-state index is -0.749. The van der Waals surface area contributed by atoms with Crippen LogP contribution in [0.5, 0.6) is 5.75 Å². The minimum absolute atomic E-state index is 0.0903. The third kappa shape index (κ3) is 3.72. The molecule has 0 spiro atoms. The topological polar surface area (TPSA) is 93.5 Å². The van der Waals surface area contributed by atoms with E-state index < -0.39 is 18.0 Å². The summed E-state index contributed by atoms with van der Waals surface area (Å²) >= 11 is 0. The van der Waals surface area contributed by atoms with Gasteiger partial charge in [0.2, 0.25) is 0 Å². The maximum Gasteiger partial charge on any atom is 0.321 e. The number of hydrogen-bond acceptors (Lipinski definition) is 4. The molecule has 2 rings (SSSR count). The van der Waals surface area contributed by atoms with Crippen LogP contribution in [0.1, 0.15) is 37.4 Å². The zero-order valence-electron chi connectivity index (χ0n) is 12.3. The van der Waals surface area contributed by atoms with E-state index >= 15 is 0 Å². The lowest BCUT2D eigenvalue weighted by Crippen LogP contribution is -2.45. The van der Waals surface area contributed by atoms with E-state index in [9.17, 15) is 9.59 Å². The second kappa shape index (κ2) is 6.58. The van der Waals surface area contributed by atoms with Gasteiger partial charge in [0.1, 0.15) is 5.75 Å². The third-order valence-corrected chi connectivity index (χ3v) is 3.49. The zero-order valence-corrected chi connectivity index (χ0v) is 12.3. The highest BCUT2D eigenvalue weighted by Crippen LogP contribution is 2.32. The van der Waals surface area contributed by atoms with Crippen LogP contribution in [0, 0.1) is 0 Å². The second-order valence-electron chi connectivity index (χ2n) is 5.11. The van der Waals surface area contributed by atoms with Crippen LogP contribution in [0.25, 0.3) is 0 Å². The van der Waals surface area contributed by atoms with Gasteiger partial charge in [-0.15, -0.1) is 0 Å². The number of nitrogens with two attached hydrogens (primary N) is 1. The highest BCUT2D eigenvalue weighted by Gasteiger charge is 2.21. The van der Waals surface area contributed by atoms with Gasteiger partial charge in [-0.25, -0.2) is 4.79 Å². The van der Waals surface area contributed by atoms with E-state index in [0.29, 0.717) is 12.3 Å². The van der Waals surface area contributed by atoms with Gasteiger partial charge in [-0.1, -0.05) is 6.07 Å². The first kappa shape index (κ1) is 15.3. The molecule has 6 heteroatoms. The van der Waals surface area contributed by atoms with Gasteiger partial charge in [-0.2, -0.15) is 0 Å². The number of aryl methyl sites for hydroxylation is 1. The molecule has 1 aromatic carbocycles. The number of fused-ring (bicyclic) bond motifs is 1. The largest absolute Gasteiger partial charge is 0.481 e. The molecule has 1 unspecified atom stereocenters. The number of nitrogens with one attached hydrogen (secondary N) is 2. The van der Waals surface area contributed by atoms with E-state index in [-0.39, 0.29) is 6.04 Å². The number of rotatable bonds is 4. The van der Waals surface area contributed by atoms with Gasteiger partial charge in [0.25, 0.3) is 5.91 Å². The molecule has 0 saturated carbocycles. The van der Waals surface area contributed by atoms with Crippen molar-refractivity contribution in [2.24, 2.45) is 5.73 Å². The number of benzene rings is 1. The van der Waals surface area contributed by atoms with Crippen molar-refractivity contribution in [3.8, 4) is 5.75 Å². The van der Waals surface area contributed by atoms with Crippen LogP contribution in [-0.2, 0) is 11.2 Å². The molecule has 3 amide bonds. The van der Waals surface area contributed by atoms with Crippen molar-refractivity contribution in [2.45, 2.75) is 38.8 Å². The van der Waals surface area contributed by atoms with Crippen molar-refractivity contribution in [1.82, 2.24) is 10.6 Å². The number of ether oxygens (including phenoxy) is 1. The van der Waals surface area contributed by atoms with Crippen LogP contribution in [0.4, 0.5) is 4.79 Å². The van der Waals surface area contributed by atoms with Crippen molar-refractivity contribution < 1.29 is 14.3 Å². The molecular weight excluding hydrogens is 270 g/mol. The average Bonchev–Trinajstić information content (AvgIpc) is 2.80. The molecule has 0 heterocycles. The molecule has 21 heavy (non-hydrogen) atoms. The Balaban J connectivity index is 1.95. The molecule has 114 valence electrons. The summed E-state index contributed by atoms with van der Waals surface area (Å²) in [5.41, 5.74) is 8.28. The van der Waals surface area contributed by atoms with E-state index in [2.05, 4.69) is 10.6 Å². The Kier molecular flexibility index (Phi) is 4.80. The molecule has 1 aromatic rings. The van der Waals surface area contributed by atoms with Gasteiger partial charge in [0.15, 0.2) is 6.10 Å². The molecule has 0 aromatic heterocycles. The number of imide groups is 1. The van der Waals surface area contributed by atoms with Crippen molar-refractivity contribution in [2.75, 3.05) is 6.54 Å². The van der Waals surface area contributed by atoms with E-state index in [1.54, 1.807) is 19.9 Å². The molecule has 2 atom stereocenters. The average molecular weight is 291 g/mol. The SMILES string of the molecule is CCNC(=O)NC(=O)C(C)Oc1ccc2c(c1)CC[C@H]2N. The Morgan fingerprint density at radius 3 is 2.95 bits per heavy atom. The van der Waals surface area contributed by atoms with Crippen molar-refractivity contribution in [3.63, 3.8) is 0 Å². The summed E-state index contributed by atoms with van der Waals surface area (Å²) < 4.78 is 5.58. The first-order valence-electron chi connectivity index (χ1n) is 7.15. The highest BCUT2D eigenvalue weighted by atomic mass is 16.5. The Hall–Kier alpha value is -2.08. The van der Waals surface area contributed by atoms with Gasteiger partial charge >= 0.3 is 6.03 Å². The first-order chi connectivity index (χ1) is 10.0. The molecular formula is C15H21N3O3. The molecule has 0 aliphatic heterocycles. The predicted molar refractivity (Wildman–Crippen MR) is 79.0 cm³/mol. The van der Waals surface area contributed by atoms with Gasteiger partial charge in [-0.05, 0) is 49.9 Å². The molecule has 0 fully saturated rings. The van der Waals surface area contributed by atoms with Gasteiger partial charge in [0, 0.05) is 12.6 Å². The van der Waals surface area contributed by atoms with Crippen LogP contribution in [-0.4, -0.2) is 24.6 Å². The van der Waals surface area contributed by atoms with Crippen LogP contribution in [0.15, 0.2) is 18.2 Å². The van der Waals surface area contributed by atoms with Gasteiger partial charge < -0.3 is 15.8 Å². The summed E-state index contributed by atoms with van der Waals surface area (Å²) in [6.45, 7) is 3.84. The number of amides is 3. The number of hydrogen-bond donors (Lipinski definition) is 3. The fourth-order valence-corrected chi connectivity index (χ4v) is 2.38. The summed E-state index contributed by atoms with van der Waals surface area (Å²) in [7, 11) is 0. The Morgan fingerprint density at radius 2 is 2.24 bits per heavy atom. The van der Waals surface area contributed by atoms with E-state index in [4.69, 9.17) is 10.5 Å². The van der Waals surface area contributed by atoms with Gasteiger partial charge in [-0.3, -0.25) is 10.1 Å². The minimum Gasteiger partial charge on any atom is -0.481 e. The summed E-state index contributed by atoms with van der Waals surface area (Å²) in [6.07, 6.45) is 1.11. The summed E-state index contributed by atoms with van der Waals surface area (Å²) in [5, 5.41) is 4.72. The monoisotopic (exact) mass is 291 g/mol. The van der Waals surface area contributed by atoms with Crippen LogP contribution in [0.3, 0.4) is 0 Å². The number of urea groups is 1. The lowest BCUT2D eigenvalue weighted by Gasteiger charge is -2.15. The quantitative estimate of drug-likeness (QED) is 0.778. The fourth-order valence-electron chi connectivity index (χ4n) is 2.38. The Morgan fingerprint density at radius 1 is 1.48 bits per heavy atom.